The van der Waals surface area contributed by atoms with Crippen molar-refractivity contribution >= 4 is 46.3 Å². The van der Waals surface area contributed by atoms with Crippen LogP contribution in [0.5, 0.6) is 0 Å². The first kappa shape index (κ1) is 15.7. The quantitative estimate of drug-likeness (QED) is 0.872. The monoisotopic (exact) mass is 355 g/mol. The molecule has 3 rings (SSSR count). The van der Waals surface area contributed by atoms with Crippen LogP contribution >= 0.6 is 34.5 Å². The molecule has 1 aromatic carbocycles. The summed E-state index contributed by atoms with van der Waals surface area (Å²) < 4.78 is 0. The maximum absolute atomic E-state index is 12.2. The number of hydrogen-bond acceptors (Lipinski definition) is 4. The first-order chi connectivity index (χ1) is 10.6. The highest BCUT2D eigenvalue weighted by atomic mass is 35.5. The molecule has 1 aromatic heterocycles. The van der Waals surface area contributed by atoms with Crippen LogP contribution in [0.3, 0.4) is 0 Å². The first-order valence-electron chi connectivity index (χ1n) is 7.06. The lowest BCUT2D eigenvalue weighted by molar-refractivity contribution is -0.120. The molecule has 1 aliphatic rings. The van der Waals surface area contributed by atoms with Gasteiger partial charge in [0.25, 0.3) is 0 Å². The molecule has 116 valence electrons. The van der Waals surface area contributed by atoms with Gasteiger partial charge in [-0.3, -0.25) is 4.79 Å². The Balaban J connectivity index is 1.70. The van der Waals surface area contributed by atoms with Crippen molar-refractivity contribution in [3.63, 3.8) is 0 Å². The van der Waals surface area contributed by atoms with Gasteiger partial charge < -0.3 is 10.6 Å². The first-order valence-corrected chi connectivity index (χ1v) is 8.69. The minimum Gasteiger partial charge on any atom is -0.316 e. The number of halogens is 2. The van der Waals surface area contributed by atoms with Gasteiger partial charge in [0.15, 0.2) is 0 Å². The van der Waals surface area contributed by atoms with Gasteiger partial charge in [-0.1, -0.05) is 29.3 Å². The highest BCUT2D eigenvalue weighted by molar-refractivity contribution is 7.13. The summed E-state index contributed by atoms with van der Waals surface area (Å²) in [5.41, 5.74) is 0.888. The summed E-state index contributed by atoms with van der Waals surface area (Å²) in [7, 11) is 0. The van der Waals surface area contributed by atoms with E-state index < -0.39 is 0 Å². The predicted molar refractivity (Wildman–Crippen MR) is 91.8 cm³/mol. The molecule has 7 heteroatoms. The fraction of sp³-hybridized carbons (Fsp3) is 0.333. The summed E-state index contributed by atoms with van der Waals surface area (Å²) in [6.07, 6.45) is 1.95. The van der Waals surface area contributed by atoms with Crippen LogP contribution in [0.15, 0.2) is 23.6 Å². The Kier molecular flexibility index (Phi) is 4.98. The van der Waals surface area contributed by atoms with E-state index in [4.69, 9.17) is 23.2 Å². The van der Waals surface area contributed by atoms with Gasteiger partial charge >= 0.3 is 0 Å². The average molecular weight is 356 g/mol. The number of nitrogens with zero attached hydrogens (tertiary/aromatic N) is 1. The predicted octanol–water partition coefficient (Wildman–Crippen LogP) is 4.06. The summed E-state index contributed by atoms with van der Waals surface area (Å²) in [5, 5.41) is 9.78. The number of carbonyl (C=O) groups is 1. The van der Waals surface area contributed by atoms with Gasteiger partial charge in [-0.15, -0.1) is 11.3 Å². The second kappa shape index (κ2) is 6.96. The van der Waals surface area contributed by atoms with E-state index in [1.807, 2.05) is 11.4 Å². The topological polar surface area (TPSA) is 54.0 Å². The van der Waals surface area contributed by atoms with Crippen molar-refractivity contribution in [1.29, 1.82) is 0 Å². The van der Waals surface area contributed by atoms with E-state index in [-0.39, 0.29) is 11.8 Å². The molecule has 0 saturated carbocycles. The molecule has 4 nitrogen and oxygen atoms in total. The maximum Gasteiger partial charge on any atom is 0.229 e. The number of piperidine rings is 1. The van der Waals surface area contributed by atoms with Crippen LogP contribution in [0.1, 0.15) is 12.8 Å². The lowest BCUT2D eigenvalue weighted by Gasteiger charge is -2.21. The molecule has 0 spiro atoms. The third-order valence-corrected chi connectivity index (χ3v) is 5.22. The Morgan fingerprint density at radius 1 is 1.36 bits per heavy atom. The number of rotatable bonds is 3. The van der Waals surface area contributed by atoms with Gasteiger partial charge in [0, 0.05) is 17.5 Å². The molecule has 0 bridgehead atoms. The number of anilines is 1. The highest BCUT2D eigenvalue weighted by Crippen LogP contribution is 2.31. The molecule has 1 saturated heterocycles. The number of hydrogen-bond donors (Lipinski definition) is 2. The Bertz CT molecular complexity index is 683. The van der Waals surface area contributed by atoms with Gasteiger partial charge in [-0.25, -0.2) is 4.98 Å². The zero-order valence-electron chi connectivity index (χ0n) is 11.7. The SMILES string of the molecule is O=C(Nc1csc(-c2ccc(Cl)c(Cl)c2)n1)C1CCCNC1. The number of aromatic nitrogens is 1. The summed E-state index contributed by atoms with van der Waals surface area (Å²) in [6, 6.07) is 5.38. The van der Waals surface area contributed by atoms with Crippen LogP contribution in [0.25, 0.3) is 10.6 Å². The molecule has 1 unspecified atom stereocenters. The summed E-state index contributed by atoms with van der Waals surface area (Å²) in [4.78, 5) is 16.6. The zero-order chi connectivity index (χ0) is 15.5. The number of nitrogens with one attached hydrogen (secondary N) is 2. The van der Waals surface area contributed by atoms with Crippen LogP contribution in [0.4, 0.5) is 5.82 Å². The standard InChI is InChI=1S/C15H15Cl2N3OS/c16-11-4-3-9(6-12(11)17)15-20-13(8-22-15)19-14(21)10-2-1-5-18-7-10/h3-4,6,8,10,18H,1-2,5,7H2,(H,19,21). The molecule has 2 aromatic rings. The smallest absolute Gasteiger partial charge is 0.229 e. The van der Waals surface area contributed by atoms with Crippen molar-refractivity contribution in [2.24, 2.45) is 5.92 Å². The van der Waals surface area contributed by atoms with Crippen LogP contribution in [0.2, 0.25) is 10.0 Å². The largest absolute Gasteiger partial charge is 0.316 e. The molecule has 2 N–H and O–H groups in total. The maximum atomic E-state index is 12.2. The van der Waals surface area contributed by atoms with Crippen molar-refractivity contribution in [2.75, 3.05) is 18.4 Å². The minimum absolute atomic E-state index is 0.0175. The lowest BCUT2D eigenvalue weighted by Crippen LogP contribution is -2.37. The summed E-state index contributed by atoms with van der Waals surface area (Å²) in [5.74, 6) is 0.628. The van der Waals surface area contributed by atoms with E-state index in [1.165, 1.54) is 11.3 Å². The van der Waals surface area contributed by atoms with Crippen molar-refractivity contribution in [2.45, 2.75) is 12.8 Å². The third-order valence-electron chi connectivity index (χ3n) is 3.59. The van der Waals surface area contributed by atoms with E-state index in [9.17, 15) is 4.79 Å². The molecular formula is C15H15Cl2N3OS. The highest BCUT2D eigenvalue weighted by Gasteiger charge is 2.21. The third kappa shape index (κ3) is 3.60. The van der Waals surface area contributed by atoms with E-state index in [0.717, 1.165) is 36.5 Å². The molecule has 2 heterocycles. The van der Waals surface area contributed by atoms with Crippen molar-refractivity contribution < 1.29 is 4.79 Å². The van der Waals surface area contributed by atoms with Gasteiger partial charge in [0.2, 0.25) is 5.91 Å². The van der Waals surface area contributed by atoms with Gasteiger partial charge in [-0.05, 0) is 31.5 Å². The number of amides is 1. The van der Waals surface area contributed by atoms with Gasteiger partial charge in [-0.2, -0.15) is 0 Å². The van der Waals surface area contributed by atoms with Crippen LogP contribution in [-0.4, -0.2) is 24.0 Å². The van der Waals surface area contributed by atoms with E-state index in [0.29, 0.717) is 15.9 Å². The second-order valence-electron chi connectivity index (χ2n) is 5.20. The normalized spacial score (nSPS) is 18.2. The van der Waals surface area contributed by atoms with Crippen LogP contribution < -0.4 is 10.6 Å². The fourth-order valence-corrected chi connectivity index (χ4v) is 3.44. The van der Waals surface area contributed by atoms with Crippen molar-refractivity contribution in [3.8, 4) is 10.6 Å². The Hall–Kier alpha value is -1.14. The number of carbonyl (C=O) groups excluding carboxylic acids is 1. The van der Waals surface area contributed by atoms with E-state index in [1.54, 1.807) is 12.1 Å². The Morgan fingerprint density at radius 3 is 2.95 bits per heavy atom. The van der Waals surface area contributed by atoms with Gasteiger partial charge in [0.1, 0.15) is 10.8 Å². The van der Waals surface area contributed by atoms with Crippen LogP contribution in [0, 0.1) is 5.92 Å². The molecule has 1 fully saturated rings. The Labute approximate surface area is 142 Å². The second-order valence-corrected chi connectivity index (χ2v) is 6.87. The average Bonchev–Trinajstić information content (AvgIpc) is 2.99. The van der Waals surface area contributed by atoms with Crippen LogP contribution in [-0.2, 0) is 4.79 Å². The summed E-state index contributed by atoms with van der Waals surface area (Å²) in [6.45, 7) is 1.72. The van der Waals surface area contributed by atoms with Crippen molar-refractivity contribution in [3.05, 3.63) is 33.6 Å². The lowest BCUT2D eigenvalue weighted by atomic mass is 9.99. The molecule has 1 aliphatic heterocycles. The fourth-order valence-electron chi connectivity index (χ4n) is 2.40. The van der Waals surface area contributed by atoms with E-state index in [2.05, 4.69) is 15.6 Å². The molecule has 0 radical (unpaired) electrons. The number of thiazole rings is 1. The zero-order valence-corrected chi connectivity index (χ0v) is 14.1. The Morgan fingerprint density at radius 2 is 2.23 bits per heavy atom. The molecule has 1 amide bonds. The van der Waals surface area contributed by atoms with Gasteiger partial charge in [0.05, 0.1) is 16.0 Å². The summed E-state index contributed by atoms with van der Waals surface area (Å²) >= 11 is 13.4. The number of benzene rings is 1. The molecule has 22 heavy (non-hydrogen) atoms. The molecular weight excluding hydrogens is 341 g/mol. The molecule has 0 aliphatic carbocycles. The van der Waals surface area contributed by atoms with Crippen molar-refractivity contribution in [1.82, 2.24) is 10.3 Å². The van der Waals surface area contributed by atoms with E-state index >= 15 is 0 Å². The molecule has 1 atom stereocenters. The minimum atomic E-state index is 0.0175.